The van der Waals surface area contributed by atoms with Crippen molar-refractivity contribution in [1.82, 2.24) is 0 Å². The maximum atomic E-state index is 5.74. The molecule has 0 saturated carbocycles. The first kappa shape index (κ1) is 15.7. The first-order chi connectivity index (χ1) is 11.5. The van der Waals surface area contributed by atoms with Crippen molar-refractivity contribution in [2.24, 2.45) is 0 Å². The first-order valence-electron chi connectivity index (χ1n) is 7.56. The van der Waals surface area contributed by atoms with Crippen molar-refractivity contribution in [1.29, 1.82) is 0 Å². The smallest absolute Gasteiger partial charge is 0.148 e. The second-order valence-electron chi connectivity index (χ2n) is 5.92. The van der Waals surface area contributed by atoms with Gasteiger partial charge in [0.25, 0.3) is 0 Å². The number of aryl methyl sites for hydroxylation is 2. The normalized spacial score (nSPS) is 17.8. The minimum Gasteiger partial charge on any atom is -0.463 e. The molecule has 0 unspecified atom stereocenters. The van der Waals surface area contributed by atoms with E-state index >= 15 is 0 Å². The fraction of sp³-hybridized carbons (Fsp3) is 0.100. The van der Waals surface area contributed by atoms with Crippen LogP contribution in [-0.4, -0.2) is 0 Å². The zero-order valence-electron chi connectivity index (χ0n) is 13.2. The molecule has 0 amide bonds. The Balaban J connectivity index is 2.03. The van der Waals surface area contributed by atoms with Gasteiger partial charge in [-0.05, 0) is 104 Å². The van der Waals surface area contributed by atoms with Gasteiger partial charge in [-0.2, -0.15) is 0 Å². The molecule has 0 aliphatic carbocycles. The van der Waals surface area contributed by atoms with Crippen LogP contribution in [0.25, 0.3) is 11.1 Å². The van der Waals surface area contributed by atoms with Crippen LogP contribution in [0.1, 0.15) is 22.3 Å². The molecule has 0 saturated heterocycles. The van der Waals surface area contributed by atoms with Gasteiger partial charge >= 0.3 is 0 Å². The van der Waals surface area contributed by atoms with E-state index in [-0.39, 0.29) is 0 Å². The molecule has 120 valence electrons. The van der Waals surface area contributed by atoms with Gasteiger partial charge in [0, 0.05) is 11.1 Å². The summed E-state index contributed by atoms with van der Waals surface area (Å²) in [6.07, 6.45) is 7.50. The highest BCUT2D eigenvalue weighted by Gasteiger charge is 2.23. The second kappa shape index (κ2) is 5.94. The van der Waals surface area contributed by atoms with Crippen LogP contribution in [0.3, 0.4) is 0 Å². The highest BCUT2D eigenvalue weighted by atomic mass is 79.9. The number of rotatable bonds is 0. The molecule has 0 radical (unpaired) electrons. The zero-order valence-corrected chi connectivity index (χ0v) is 16.4. The largest absolute Gasteiger partial charge is 0.463 e. The molecule has 0 bridgehead atoms. The van der Waals surface area contributed by atoms with Crippen molar-refractivity contribution in [2.45, 2.75) is 13.8 Å². The number of hydrogen-bond acceptors (Lipinski definition) is 2. The molecular weight excluding hydrogens is 432 g/mol. The fourth-order valence-electron chi connectivity index (χ4n) is 3.09. The highest BCUT2D eigenvalue weighted by molar-refractivity contribution is 9.10. The zero-order chi connectivity index (χ0) is 16.8. The van der Waals surface area contributed by atoms with Crippen molar-refractivity contribution < 1.29 is 9.47 Å². The monoisotopic (exact) mass is 444 g/mol. The molecule has 0 fully saturated rings. The lowest BCUT2D eigenvalue weighted by atomic mass is 9.90. The maximum absolute atomic E-state index is 5.74. The Labute approximate surface area is 157 Å². The number of hydrogen-bond donors (Lipinski definition) is 0. The van der Waals surface area contributed by atoms with Crippen LogP contribution >= 0.6 is 31.9 Å². The van der Waals surface area contributed by atoms with Gasteiger partial charge in [-0.3, -0.25) is 0 Å². The number of allylic oxidation sites excluding steroid dienone is 4. The van der Waals surface area contributed by atoms with Crippen LogP contribution in [0.5, 0.6) is 11.5 Å². The van der Waals surface area contributed by atoms with Crippen LogP contribution in [0.15, 0.2) is 57.9 Å². The molecule has 0 aromatic heterocycles. The van der Waals surface area contributed by atoms with Crippen molar-refractivity contribution in [3.63, 3.8) is 0 Å². The van der Waals surface area contributed by atoms with Gasteiger partial charge < -0.3 is 9.47 Å². The molecular formula is C20H14Br2O2. The summed E-state index contributed by atoms with van der Waals surface area (Å²) in [5.74, 6) is 1.69. The molecule has 4 heteroatoms. The van der Waals surface area contributed by atoms with Gasteiger partial charge in [-0.15, -0.1) is 0 Å². The minimum atomic E-state index is 0.846. The average molecular weight is 446 g/mol. The van der Waals surface area contributed by atoms with Crippen molar-refractivity contribution >= 4 is 43.0 Å². The van der Waals surface area contributed by atoms with E-state index in [0.29, 0.717) is 0 Å². The summed E-state index contributed by atoms with van der Waals surface area (Å²) in [5, 5.41) is 0. The molecule has 2 heterocycles. The van der Waals surface area contributed by atoms with Crippen molar-refractivity contribution in [3.05, 3.63) is 80.1 Å². The Hall–Kier alpha value is -1.78. The van der Waals surface area contributed by atoms with Crippen molar-refractivity contribution in [3.8, 4) is 11.5 Å². The summed E-state index contributed by atoms with van der Waals surface area (Å²) < 4.78 is 13.4. The predicted octanol–water partition coefficient (Wildman–Crippen LogP) is 6.55. The number of halogens is 2. The highest BCUT2D eigenvalue weighted by Crippen LogP contribution is 2.45. The van der Waals surface area contributed by atoms with Crippen LogP contribution in [-0.2, 0) is 0 Å². The number of benzene rings is 2. The van der Waals surface area contributed by atoms with E-state index in [9.17, 15) is 0 Å². The van der Waals surface area contributed by atoms with Gasteiger partial charge in [0.2, 0.25) is 0 Å². The Kier molecular flexibility index (Phi) is 3.89. The third kappa shape index (κ3) is 2.54. The summed E-state index contributed by atoms with van der Waals surface area (Å²) in [6, 6.07) is 8.43. The lowest BCUT2D eigenvalue weighted by Gasteiger charge is -2.23. The molecule has 24 heavy (non-hydrogen) atoms. The summed E-state index contributed by atoms with van der Waals surface area (Å²) in [4.78, 5) is 0. The topological polar surface area (TPSA) is 18.5 Å². The summed E-state index contributed by atoms with van der Waals surface area (Å²) in [6.45, 7) is 4.17. The Morgan fingerprint density at radius 2 is 1.08 bits per heavy atom. The van der Waals surface area contributed by atoms with Gasteiger partial charge in [-0.1, -0.05) is 0 Å². The molecule has 2 aliphatic heterocycles. The lowest BCUT2D eigenvalue weighted by molar-refractivity contribution is 0.470. The second-order valence-corrected chi connectivity index (χ2v) is 7.62. The number of ether oxygens (including phenoxy) is 2. The van der Waals surface area contributed by atoms with Gasteiger partial charge in [0.15, 0.2) is 0 Å². The molecule has 2 aliphatic rings. The average Bonchev–Trinajstić information content (AvgIpc) is 2.54. The third-order valence-electron chi connectivity index (χ3n) is 4.09. The van der Waals surface area contributed by atoms with Crippen LogP contribution in [0.4, 0.5) is 0 Å². The van der Waals surface area contributed by atoms with E-state index in [2.05, 4.69) is 70.0 Å². The van der Waals surface area contributed by atoms with Gasteiger partial charge in [0.05, 0.1) is 21.5 Å². The van der Waals surface area contributed by atoms with Crippen molar-refractivity contribution in [2.75, 3.05) is 0 Å². The molecule has 0 spiro atoms. The number of fused-ring (bicyclic) bond motifs is 2. The van der Waals surface area contributed by atoms with E-state index in [0.717, 1.165) is 42.7 Å². The van der Waals surface area contributed by atoms with Crippen LogP contribution < -0.4 is 9.47 Å². The fourth-order valence-corrected chi connectivity index (χ4v) is 4.42. The summed E-state index contributed by atoms with van der Waals surface area (Å²) in [7, 11) is 0. The van der Waals surface area contributed by atoms with E-state index < -0.39 is 0 Å². The summed E-state index contributed by atoms with van der Waals surface area (Å²) >= 11 is 7.22. The minimum absolute atomic E-state index is 0.846. The van der Waals surface area contributed by atoms with Crippen LogP contribution in [0.2, 0.25) is 0 Å². The van der Waals surface area contributed by atoms with E-state index in [1.54, 1.807) is 12.5 Å². The standard InChI is InChI=1S/C20H14Br2O2/c1-11-7-15-13(3-5-23-19(15)17(21)9-11)14-4-6-24-20-16(14)8-12(2)10-18(20)22/h3-10H,1-2H3. The lowest BCUT2D eigenvalue weighted by Crippen LogP contribution is -2.03. The molecule has 2 aromatic carbocycles. The van der Waals surface area contributed by atoms with E-state index in [1.165, 1.54) is 11.1 Å². The Morgan fingerprint density at radius 1 is 0.667 bits per heavy atom. The molecule has 4 rings (SSSR count). The molecule has 2 nitrogen and oxygen atoms in total. The Morgan fingerprint density at radius 3 is 1.50 bits per heavy atom. The molecule has 0 N–H and O–H groups in total. The SMILES string of the molecule is Cc1cc(Br)c2c(c1)C(=C1C=COc3c(Br)cc(C)cc31)C=CO2. The van der Waals surface area contributed by atoms with Crippen LogP contribution in [0, 0.1) is 13.8 Å². The van der Waals surface area contributed by atoms with Gasteiger partial charge in [-0.25, -0.2) is 0 Å². The van der Waals surface area contributed by atoms with Gasteiger partial charge in [0.1, 0.15) is 11.5 Å². The molecule has 0 atom stereocenters. The third-order valence-corrected chi connectivity index (χ3v) is 5.27. The first-order valence-corrected chi connectivity index (χ1v) is 9.15. The quantitative estimate of drug-likeness (QED) is 0.457. The predicted molar refractivity (Wildman–Crippen MR) is 104 cm³/mol. The summed E-state index contributed by atoms with van der Waals surface area (Å²) in [5.41, 5.74) is 6.76. The molecule has 2 aromatic rings. The Bertz CT molecular complexity index is 875. The maximum Gasteiger partial charge on any atom is 0.148 e. The van der Waals surface area contributed by atoms with E-state index in [1.807, 2.05) is 12.2 Å². The van der Waals surface area contributed by atoms with E-state index in [4.69, 9.17) is 9.47 Å².